The van der Waals surface area contributed by atoms with Gasteiger partial charge in [-0.05, 0) is 19.4 Å². The quantitative estimate of drug-likeness (QED) is 0.896. The SMILES string of the molecule is Cn1cc(CNC(=O)NC(C)(C)c2ccccc2)cn1. The van der Waals surface area contributed by atoms with Gasteiger partial charge < -0.3 is 10.6 Å². The van der Waals surface area contributed by atoms with Crippen molar-refractivity contribution in [1.82, 2.24) is 20.4 Å². The first-order valence-corrected chi connectivity index (χ1v) is 6.56. The molecule has 1 aromatic heterocycles. The molecule has 0 aliphatic carbocycles. The Kier molecular flexibility index (Phi) is 4.08. The van der Waals surface area contributed by atoms with E-state index in [-0.39, 0.29) is 6.03 Å². The van der Waals surface area contributed by atoms with E-state index in [0.29, 0.717) is 6.54 Å². The van der Waals surface area contributed by atoms with Gasteiger partial charge in [-0.25, -0.2) is 4.79 Å². The van der Waals surface area contributed by atoms with Crippen LogP contribution in [-0.2, 0) is 19.1 Å². The van der Waals surface area contributed by atoms with E-state index in [1.54, 1.807) is 10.9 Å². The Bertz CT molecular complexity index is 575. The van der Waals surface area contributed by atoms with Crippen LogP contribution in [0, 0.1) is 0 Å². The lowest BCUT2D eigenvalue weighted by Crippen LogP contribution is -2.46. The summed E-state index contributed by atoms with van der Waals surface area (Å²) in [7, 11) is 1.85. The van der Waals surface area contributed by atoms with E-state index < -0.39 is 5.54 Å². The van der Waals surface area contributed by atoms with Crippen molar-refractivity contribution in [2.24, 2.45) is 7.05 Å². The molecule has 0 spiro atoms. The fraction of sp³-hybridized carbons (Fsp3) is 0.333. The van der Waals surface area contributed by atoms with Crippen molar-refractivity contribution in [3.8, 4) is 0 Å². The topological polar surface area (TPSA) is 59.0 Å². The molecule has 20 heavy (non-hydrogen) atoms. The molecule has 0 radical (unpaired) electrons. The minimum atomic E-state index is -0.416. The van der Waals surface area contributed by atoms with Gasteiger partial charge in [-0.2, -0.15) is 5.10 Å². The summed E-state index contributed by atoms with van der Waals surface area (Å²) in [6, 6.07) is 9.70. The maximum atomic E-state index is 12.0. The number of carbonyl (C=O) groups excluding carboxylic acids is 1. The molecular weight excluding hydrogens is 252 g/mol. The van der Waals surface area contributed by atoms with E-state index in [2.05, 4.69) is 15.7 Å². The van der Waals surface area contributed by atoms with Crippen LogP contribution in [0.15, 0.2) is 42.7 Å². The summed E-state index contributed by atoms with van der Waals surface area (Å²) in [5.74, 6) is 0. The first-order valence-electron chi connectivity index (χ1n) is 6.56. The highest BCUT2D eigenvalue weighted by Gasteiger charge is 2.22. The van der Waals surface area contributed by atoms with Crippen molar-refractivity contribution in [1.29, 1.82) is 0 Å². The zero-order valence-electron chi connectivity index (χ0n) is 12.1. The smallest absolute Gasteiger partial charge is 0.315 e. The van der Waals surface area contributed by atoms with E-state index in [4.69, 9.17) is 0 Å². The van der Waals surface area contributed by atoms with Crippen LogP contribution in [0.25, 0.3) is 0 Å². The molecule has 1 heterocycles. The van der Waals surface area contributed by atoms with Crippen molar-refractivity contribution in [3.05, 3.63) is 53.9 Å². The molecule has 2 amide bonds. The highest BCUT2D eigenvalue weighted by molar-refractivity contribution is 5.74. The molecule has 0 aliphatic heterocycles. The molecule has 5 heteroatoms. The Morgan fingerprint density at radius 2 is 2.00 bits per heavy atom. The molecule has 0 unspecified atom stereocenters. The van der Waals surface area contributed by atoms with Gasteiger partial charge in [-0.1, -0.05) is 30.3 Å². The molecule has 5 nitrogen and oxygen atoms in total. The lowest BCUT2D eigenvalue weighted by Gasteiger charge is -2.27. The van der Waals surface area contributed by atoms with E-state index in [1.807, 2.05) is 57.4 Å². The number of nitrogens with one attached hydrogen (secondary N) is 2. The van der Waals surface area contributed by atoms with Crippen molar-refractivity contribution in [2.75, 3.05) is 0 Å². The van der Waals surface area contributed by atoms with Gasteiger partial charge in [0.05, 0.1) is 11.7 Å². The number of hydrogen-bond acceptors (Lipinski definition) is 2. The first kappa shape index (κ1) is 14.1. The molecule has 2 aromatic rings. The molecule has 0 fully saturated rings. The third-order valence-electron chi connectivity index (χ3n) is 3.13. The average molecular weight is 272 g/mol. The number of aryl methyl sites for hydroxylation is 1. The third-order valence-corrected chi connectivity index (χ3v) is 3.13. The number of rotatable bonds is 4. The van der Waals surface area contributed by atoms with Crippen LogP contribution < -0.4 is 10.6 Å². The Balaban J connectivity index is 1.91. The van der Waals surface area contributed by atoms with Gasteiger partial charge in [0.1, 0.15) is 0 Å². The molecule has 106 valence electrons. The zero-order valence-corrected chi connectivity index (χ0v) is 12.1. The number of aromatic nitrogens is 2. The van der Waals surface area contributed by atoms with Gasteiger partial charge >= 0.3 is 6.03 Å². The van der Waals surface area contributed by atoms with Crippen molar-refractivity contribution >= 4 is 6.03 Å². The Morgan fingerprint density at radius 3 is 2.60 bits per heavy atom. The van der Waals surface area contributed by atoms with Gasteiger partial charge in [0.2, 0.25) is 0 Å². The molecule has 0 atom stereocenters. The van der Waals surface area contributed by atoms with E-state index in [1.165, 1.54) is 0 Å². The van der Waals surface area contributed by atoms with Crippen LogP contribution in [0.5, 0.6) is 0 Å². The van der Waals surface area contributed by atoms with E-state index >= 15 is 0 Å². The highest BCUT2D eigenvalue weighted by Crippen LogP contribution is 2.18. The largest absolute Gasteiger partial charge is 0.334 e. The fourth-order valence-corrected chi connectivity index (χ4v) is 2.00. The van der Waals surface area contributed by atoms with Gasteiger partial charge in [0.15, 0.2) is 0 Å². The maximum Gasteiger partial charge on any atom is 0.315 e. The average Bonchev–Trinajstić information content (AvgIpc) is 2.83. The van der Waals surface area contributed by atoms with Crippen LogP contribution in [0.2, 0.25) is 0 Å². The Hall–Kier alpha value is -2.30. The summed E-state index contributed by atoms with van der Waals surface area (Å²) in [4.78, 5) is 12.0. The summed E-state index contributed by atoms with van der Waals surface area (Å²) in [6.45, 7) is 4.42. The van der Waals surface area contributed by atoms with Crippen LogP contribution >= 0.6 is 0 Å². The van der Waals surface area contributed by atoms with Crippen molar-refractivity contribution in [3.63, 3.8) is 0 Å². The first-order chi connectivity index (χ1) is 9.47. The third kappa shape index (κ3) is 3.60. The van der Waals surface area contributed by atoms with Crippen molar-refractivity contribution < 1.29 is 4.79 Å². The molecule has 2 N–H and O–H groups in total. The van der Waals surface area contributed by atoms with E-state index in [0.717, 1.165) is 11.1 Å². The number of hydrogen-bond donors (Lipinski definition) is 2. The second-order valence-corrected chi connectivity index (χ2v) is 5.32. The van der Waals surface area contributed by atoms with E-state index in [9.17, 15) is 4.79 Å². The van der Waals surface area contributed by atoms with Gasteiger partial charge in [0, 0.05) is 25.4 Å². The second kappa shape index (κ2) is 5.77. The molecular formula is C15H20N4O. The molecule has 2 rings (SSSR count). The number of carbonyl (C=O) groups is 1. The van der Waals surface area contributed by atoms with Crippen LogP contribution in [0.3, 0.4) is 0 Å². The molecule has 0 saturated carbocycles. The lowest BCUT2D eigenvalue weighted by molar-refractivity contribution is 0.229. The van der Waals surface area contributed by atoms with Crippen LogP contribution in [-0.4, -0.2) is 15.8 Å². The molecule has 0 bridgehead atoms. The summed E-state index contributed by atoms with van der Waals surface area (Å²) in [6.07, 6.45) is 3.62. The zero-order chi connectivity index (χ0) is 14.6. The summed E-state index contributed by atoms with van der Waals surface area (Å²) in [5.41, 5.74) is 1.62. The normalized spacial score (nSPS) is 11.2. The van der Waals surface area contributed by atoms with Gasteiger partial charge in [-0.3, -0.25) is 4.68 Å². The number of benzene rings is 1. The summed E-state index contributed by atoms with van der Waals surface area (Å²) < 4.78 is 1.71. The lowest BCUT2D eigenvalue weighted by atomic mass is 9.95. The Labute approximate surface area is 119 Å². The summed E-state index contributed by atoms with van der Waals surface area (Å²) in [5, 5.41) is 9.87. The van der Waals surface area contributed by atoms with Crippen LogP contribution in [0.4, 0.5) is 4.79 Å². The van der Waals surface area contributed by atoms with Gasteiger partial charge in [-0.15, -0.1) is 0 Å². The summed E-state index contributed by atoms with van der Waals surface area (Å²) >= 11 is 0. The molecule has 0 saturated heterocycles. The van der Waals surface area contributed by atoms with Crippen LogP contribution in [0.1, 0.15) is 25.0 Å². The van der Waals surface area contributed by atoms with Gasteiger partial charge in [0.25, 0.3) is 0 Å². The minimum Gasteiger partial charge on any atom is -0.334 e. The second-order valence-electron chi connectivity index (χ2n) is 5.32. The number of nitrogens with zero attached hydrogens (tertiary/aromatic N) is 2. The predicted molar refractivity (Wildman–Crippen MR) is 78.0 cm³/mol. The minimum absolute atomic E-state index is 0.192. The number of urea groups is 1. The highest BCUT2D eigenvalue weighted by atomic mass is 16.2. The maximum absolute atomic E-state index is 12.0. The predicted octanol–water partition coefficient (Wildman–Crippen LogP) is 2.15. The standard InChI is InChI=1S/C15H20N4O/c1-15(2,13-7-5-4-6-8-13)18-14(20)16-9-12-10-17-19(3)11-12/h4-8,10-11H,9H2,1-3H3,(H2,16,18,20). The number of amides is 2. The monoisotopic (exact) mass is 272 g/mol. The fourth-order valence-electron chi connectivity index (χ4n) is 2.00. The Morgan fingerprint density at radius 1 is 1.30 bits per heavy atom. The molecule has 0 aliphatic rings. The molecule has 1 aromatic carbocycles. The van der Waals surface area contributed by atoms with Crippen molar-refractivity contribution in [2.45, 2.75) is 25.9 Å².